The third kappa shape index (κ3) is 3.05. The van der Waals surface area contributed by atoms with Crippen LogP contribution >= 0.6 is 27.5 Å². The minimum absolute atomic E-state index is 0.0820. The van der Waals surface area contributed by atoms with Gasteiger partial charge in [-0.2, -0.15) is 0 Å². The normalized spacial score (nSPS) is 10.3. The summed E-state index contributed by atoms with van der Waals surface area (Å²) < 4.78 is 20.0. The lowest BCUT2D eigenvalue weighted by atomic mass is 10.1. The summed E-state index contributed by atoms with van der Waals surface area (Å²) in [7, 11) is 0. The van der Waals surface area contributed by atoms with Crippen LogP contribution in [0.5, 0.6) is 11.5 Å². The molecule has 19 heavy (non-hydrogen) atoms. The zero-order valence-corrected chi connectivity index (χ0v) is 11.9. The van der Waals surface area contributed by atoms with Crippen LogP contribution in [0.15, 0.2) is 40.9 Å². The van der Waals surface area contributed by atoms with Crippen molar-refractivity contribution in [3.8, 4) is 11.5 Å². The molecule has 0 aromatic heterocycles. The molecule has 6 heteroatoms. The van der Waals surface area contributed by atoms with Gasteiger partial charge in [-0.1, -0.05) is 33.6 Å². The second-order valence-electron chi connectivity index (χ2n) is 3.70. The Morgan fingerprint density at radius 1 is 1.26 bits per heavy atom. The predicted octanol–water partition coefficient (Wildman–Crippen LogP) is 4.32. The summed E-state index contributed by atoms with van der Waals surface area (Å²) in [6, 6.07) is 9.26. The first kappa shape index (κ1) is 13.8. The van der Waals surface area contributed by atoms with Crippen LogP contribution in [0, 0.1) is 11.2 Å². The minimum atomic E-state index is -0.613. The van der Waals surface area contributed by atoms with Gasteiger partial charge in [0.05, 0.1) is 10.6 Å². The van der Waals surface area contributed by atoms with E-state index in [0.29, 0.717) is 10.8 Å². The molecule has 0 heterocycles. The SMILES string of the molecule is N=C(N)c1c(F)cccc1Oc1ccc(Br)cc1Cl. The standard InChI is InChI=1S/C13H9BrClFN2O/c14-7-4-5-10(8(15)6-7)19-11-3-1-2-9(16)12(11)13(17)18/h1-6H,(H3,17,18). The minimum Gasteiger partial charge on any atom is -0.455 e. The third-order valence-corrected chi connectivity index (χ3v) is 3.15. The van der Waals surface area contributed by atoms with Crippen molar-refractivity contribution in [1.29, 1.82) is 5.41 Å². The van der Waals surface area contributed by atoms with Gasteiger partial charge in [-0.3, -0.25) is 5.41 Å². The number of halogens is 3. The van der Waals surface area contributed by atoms with Crippen LogP contribution in [0.3, 0.4) is 0 Å². The van der Waals surface area contributed by atoms with E-state index in [1.807, 2.05) is 0 Å². The largest absolute Gasteiger partial charge is 0.455 e. The summed E-state index contributed by atoms with van der Waals surface area (Å²) in [6.07, 6.45) is 0. The van der Waals surface area contributed by atoms with Crippen LogP contribution in [0.4, 0.5) is 4.39 Å². The van der Waals surface area contributed by atoms with Crippen molar-refractivity contribution in [2.45, 2.75) is 0 Å². The van der Waals surface area contributed by atoms with Crippen molar-refractivity contribution in [3.05, 3.63) is 57.3 Å². The first-order valence-corrected chi connectivity index (χ1v) is 6.42. The summed E-state index contributed by atoms with van der Waals surface area (Å²) in [5.41, 5.74) is 5.27. The van der Waals surface area contributed by atoms with Crippen molar-refractivity contribution in [2.24, 2.45) is 5.73 Å². The first-order valence-electron chi connectivity index (χ1n) is 5.25. The van der Waals surface area contributed by atoms with Gasteiger partial charge in [-0.25, -0.2) is 4.39 Å². The van der Waals surface area contributed by atoms with E-state index in [1.165, 1.54) is 18.2 Å². The Balaban J connectivity index is 2.44. The Morgan fingerprint density at radius 3 is 2.63 bits per heavy atom. The van der Waals surface area contributed by atoms with Gasteiger partial charge in [-0.15, -0.1) is 0 Å². The van der Waals surface area contributed by atoms with E-state index in [-0.39, 0.29) is 11.3 Å². The number of nitrogens with two attached hydrogens (primary N) is 1. The maximum atomic E-state index is 13.6. The monoisotopic (exact) mass is 342 g/mol. The van der Waals surface area contributed by atoms with Crippen LogP contribution in [-0.2, 0) is 0 Å². The van der Waals surface area contributed by atoms with Gasteiger partial charge in [0.2, 0.25) is 0 Å². The van der Waals surface area contributed by atoms with E-state index in [0.717, 1.165) is 4.47 Å². The molecule has 0 amide bonds. The van der Waals surface area contributed by atoms with Crippen LogP contribution in [0.1, 0.15) is 5.56 Å². The van der Waals surface area contributed by atoms with Crippen LogP contribution in [0.2, 0.25) is 5.02 Å². The fourth-order valence-corrected chi connectivity index (χ4v) is 2.24. The number of nitrogen functional groups attached to an aromatic ring is 1. The number of hydrogen-bond acceptors (Lipinski definition) is 2. The molecule has 0 unspecified atom stereocenters. The quantitative estimate of drug-likeness (QED) is 0.644. The van der Waals surface area contributed by atoms with Gasteiger partial charge < -0.3 is 10.5 Å². The van der Waals surface area contributed by atoms with E-state index in [1.54, 1.807) is 18.2 Å². The van der Waals surface area contributed by atoms with Crippen LogP contribution < -0.4 is 10.5 Å². The Kier molecular flexibility index (Phi) is 4.07. The Morgan fingerprint density at radius 2 is 2.00 bits per heavy atom. The molecule has 0 aliphatic carbocycles. The van der Waals surface area contributed by atoms with Crippen molar-refractivity contribution in [1.82, 2.24) is 0 Å². The molecule has 2 rings (SSSR count). The van der Waals surface area contributed by atoms with E-state index in [4.69, 9.17) is 27.5 Å². The smallest absolute Gasteiger partial charge is 0.146 e. The molecule has 0 radical (unpaired) electrons. The topological polar surface area (TPSA) is 59.1 Å². The molecule has 0 aliphatic heterocycles. The van der Waals surface area contributed by atoms with Gasteiger partial charge >= 0.3 is 0 Å². The van der Waals surface area contributed by atoms with Gasteiger partial charge in [-0.05, 0) is 30.3 Å². The molecule has 0 spiro atoms. The molecule has 98 valence electrons. The van der Waals surface area contributed by atoms with Gasteiger partial charge in [0.25, 0.3) is 0 Å². The summed E-state index contributed by atoms with van der Waals surface area (Å²) in [5, 5.41) is 7.76. The molecule has 0 aliphatic rings. The molecule has 0 saturated carbocycles. The van der Waals surface area contributed by atoms with Crippen LogP contribution in [0.25, 0.3) is 0 Å². The molecule has 0 saturated heterocycles. The fraction of sp³-hybridized carbons (Fsp3) is 0. The second-order valence-corrected chi connectivity index (χ2v) is 5.03. The lowest BCUT2D eigenvalue weighted by molar-refractivity contribution is 0.475. The lowest BCUT2D eigenvalue weighted by Gasteiger charge is -2.12. The molecule has 3 nitrogen and oxygen atoms in total. The van der Waals surface area contributed by atoms with Crippen LogP contribution in [-0.4, -0.2) is 5.84 Å². The van der Waals surface area contributed by atoms with E-state index < -0.39 is 11.7 Å². The fourth-order valence-electron chi connectivity index (χ4n) is 1.53. The van der Waals surface area contributed by atoms with Crippen molar-refractivity contribution in [2.75, 3.05) is 0 Å². The summed E-state index contributed by atoms with van der Waals surface area (Å²) in [6.45, 7) is 0. The highest BCUT2D eigenvalue weighted by Gasteiger charge is 2.14. The molecule has 2 aromatic carbocycles. The van der Waals surface area contributed by atoms with Crippen molar-refractivity contribution >= 4 is 33.4 Å². The zero-order valence-electron chi connectivity index (χ0n) is 9.58. The third-order valence-electron chi connectivity index (χ3n) is 2.36. The summed E-state index contributed by atoms with van der Waals surface area (Å²) >= 11 is 9.29. The zero-order chi connectivity index (χ0) is 14.0. The summed E-state index contributed by atoms with van der Waals surface area (Å²) in [5.74, 6) is -0.505. The predicted molar refractivity (Wildman–Crippen MR) is 76.6 cm³/mol. The molecule has 0 bridgehead atoms. The maximum absolute atomic E-state index is 13.6. The Hall–Kier alpha value is -1.59. The number of amidine groups is 1. The second kappa shape index (κ2) is 5.59. The Labute approximate surface area is 122 Å². The van der Waals surface area contributed by atoms with Gasteiger partial charge in [0, 0.05) is 4.47 Å². The number of rotatable bonds is 3. The molecule has 0 fully saturated rings. The number of hydrogen-bond donors (Lipinski definition) is 2. The molecule has 0 atom stereocenters. The Bertz CT molecular complexity index is 649. The highest BCUT2D eigenvalue weighted by atomic mass is 79.9. The molecule has 2 aromatic rings. The van der Waals surface area contributed by atoms with Crippen molar-refractivity contribution < 1.29 is 9.13 Å². The number of nitrogens with one attached hydrogen (secondary N) is 1. The van der Waals surface area contributed by atoms with E-state index in [2.05, 4.69) is 15.9 Å². The molecular formula is C13H9BrClFN2O. The first-order chi connectivity index (χ1) is 8.99. The molecular weight excluding hydrogens is 335 g/mol. The maximum Gasteiger partial charge on any atom is 0.146 e. The number of ether oxygens (including phenoxy) is 1. The average Bonchev–Trinajstić information content (AvgIpc) is 2.32. The average molecular weight is 344 g/mol. The van der Waals surface area contributed by atoms with E-state index >= 15 is 0 Å². The molecule has 3 N–H and O–H groups in total. The number of benzene rings is 2. The van der Waals surface area contributed by atoms with Gasteiger partial charge in [0.15, 0.2) is 0 Å². The van der Waals surface area contributed by atoms with E-state index in [9.17, 15) is 4.39 Å². The van der Waals surface area contributed by atoms with Gasteiger partial charge in [0.1, 0.15) is 23.2 Å². The highest BCUT2D eigenvalue weighted by Crippen LogP contribution is 2.33. The summed E-state index contributed by atoms with van der Waals surface area (Å²) in [4.78, 5) is 0. The lowest BCUT2D eigenvalue weighted by Crippen LogP contribution is -2.14. The van der Waals surface area contributed by atoms with Crippen molar-refractivity contribution in [3.63, 3.8) is 0 Å². The highest BCUT2D eigenvalue weighted by molar-refractivity contribution is 9.10.